The van der Waals surface area contributed by atoms with Crippen LogP contribution in [0.4, 0.5) is 0 Å². The lowest BCUT2D eigenvalue weighted by molar-refractivity contribution is 0.0656. The van der Waals surface area contributed by atoms with Gasteiger partial charge in [0.2, 0.25) is 0 Å². The Bertz CT molecular complexity index is 653. The van der Waals surface area contributed by atoms with Gasteiger partial charge in [-0.05, 0) is 33.0 Å². The van der Waals surface area contributed by atoms with Crippen LogP contribution in [0.3, 0.4) is 0 Å². The molecule has 0 aromatic carbocycles. The summed E-state index contributed by atoms with van der Waals surface area (Å²) >= 11 is 0. The van der Waals surface area contributed by atoms with E-state index in [1.807, 2.05) is 0 Å². The van der Waals surface area contributed by atoms with Crippen LogP contribution in [0.25, 0.3) is 0 Å². The van der Waals surface area contributed by atoms with Gasteiger partial charge < -0.3 is 14.4 Å². The highest BCUT2D eigenvalue weighted by molar-refractivity contribution is 5.93. The Hall–Kier alpha value is -1.89. The van der Waals surface area contributed by atoms with E-state index >= 15 is 0 Å². The number of rotatable bonds is 2. The van der Waals surface area contributed by atoms with E-state index in [0.29, 0.717) is 0 Å². The molecule has 0 N–H and O–H groups in total. The number of likely N-dealkylation sites (tertiary alicyclic amines) is 1. The summed E-state index contributed by atoms with van der Waals surface area (Å²) in [4.78, 5) is 40.2. The molecule has 2 rings (SSSR count). The average molecular weight is 294 g/mol. The molecule has 0 bridgehead atoms. The summed E-state index contributed by atoms with van der Waals surface area (Å²) in [5.74, 6) is -0.319. The number of hydrogen-bond donors (Lipinski definition) is 0. The molecule has 2 heterocycles. The van der Waals surface area contributed by atoms with E-state index in [1.54, 1.807) is 11.9 Å². The van der Waals surface area contributed by atoms with Gasteiger partial charge in [-0.15, -0.1) is 0 Å². The number of nitrogens with zero attached hydrogens (tertiary/aromatic N) is 4. The van der Waals surface area contributed by atoms with Crippen molar-refractivity contribution in [2.24, 2.45) is 14.1 Å². The van der Waals surface area contributed by atoms with E-state index in [0.717, 1.165) is 30.5 Å². The third-order valence-electron chi connectivity index (χ3n) is 4.23. The second-order valence-electron chi connectivity index (χ2n) is 5.75. The number of piperidine rings is 1. The minimum absolute atomic E-state index is 0.0426. The molecule has 0 radical (unpaired) electrons. The molecule has 7 nitrogen and oxygen atoms in total. The molecule has 1 aliphatic heterocycles. The number of hydrogen-bond acceptors (Lipinski definition) is 4. The first kappa shape index (κ1) is 15.5. The molecule has 7 heteroatoms. The highest BCUT2D eigenvalue weighted by atomic mass is 16.2. The highest BCUT2D eigenvalue weighted by Gasteiger charge is 2.26. The number of aromatic nitrogens is 2. The lowest BCUT2D eigenvalue weighted by atomic mass is 10.0. The lowest BCUT2D eigenvalue weighted by Crippen LogP contribution is -2.47. The lowest BCUT2D eigenvalue weighted by Gasteiger charge is -2.35. The molecule has 0 aliphatic carbocycles. The first-order valence-corrected chi connectivity index (χ1v) is 7.05. The number of aryl methyl sites for hydroxylation is 1. The van der Waals surface area contributed by atoms with Crippen molar-refractivity contribution in [1.82, 2.24) is 18.9 Å². The van der Waals surface area contributed by atoms with Crippen LogP contribution < -0.4 is 11.2 Å². The Balaban J connectivity index is 2.28. The minimum atomic E-state index is -0.539. The van der Waals surface area contributed by atoms with Crippen LogP contribution in [-0.2, 0) is 14.1 Å². The summed E-state index contributed by atoms with van der Waals surface area (Å²) in [5.41, 5.74) is -0.928. The van der Waals surface area contributed by atoms with E-state index in [2.05, 4.69) is 11.9 Å². The Kier molecular flexibility index (Phi) is 4.32. The molecule has 116 valence electrons. The molecule has 0 spiro atoms. The van der Waals surface area contributed by atoms with Gasteiger partial charge in [-0.3, -0.25) is 14.2 Å². The van der Waals surface area contributed by atoms with Crippen molar-refractivity contribution >= 4 is 5.91 Å². The maximum absolute atomic E-state index is 12.5. The second-order valence-corrected chi connectivity index (χ2v) is 5.75. The van der Waals surface area contributed by atoms with Crippen molar-refractivity contribution in [3.05, 3.63) is 32.6 Å². The van der Waals surface area contributed by atoms with Gasteiger partial charge in [-0.1, -0.05) is 0 Å². The van der Waals surface area contributed by atoms with E-state index in [4.69, 9.17) is 0 Å². The Labute approximate surface area is 123 Å². The summed E-state index contributed by atoms with van der Waals surface area (Å²) in [6.45, 7) is 1.88. The van der Waals surface area contributed by atoms with Gasteiger partial charge in [0, 0.05) is 33.4 Å². The molecule has 0 unspecified atom stereocenters. The van der Waals surface area contributed by atoms with Gasteiger partial charge in [0.25, 0.3) is 11.5 Å². The first-order chi connectivity index (χ1) is 9.82. The van der Waals surface area contributed by atoms with Crippen LogP contribution in [-0.4, -0.2) is 58.1 Å². The summed E-state index contributed by atoms with van der Waals surface area (Å²) in [7, 11) is 6.70. The molecule has 0 saturated carbocycles. The van der Waals surface area contributed by atoms with E-state index in [9.17, 15) is 14.4 Å². The van der Waals surface area contributed by atoms with Crippen LogP contribution in [0.1, 0.15) is 23.2 Å². The van der Waals surface area contributed by atoms with Crippen LogP contribution >= 0.6 is 0 Å². The monoisotopic (exact) mass is 294 g/mol. The summed E-state index contributed by atoms with van der Waals surface area (Å²) in [6.07, 6.45) is 3.12. The molecular formula is C14H22N4O3. The topological polar surface area (TPSA) is 67.5 Å². The molecule has 1 fully saturated rings. The smallest absolute Gasteiger partial charge is 0.330 e. The van der Waals surface area contributed by atoms with Crippen molar-refractivity contribution in [3.8, 4) is 0 Å². The predicted molar refractivity (Wildman–Crippen MR) is 79.5 cm³/mol. The van der Waals surface area contributed by atoms with Crippen LogP contribution in [0, 0.1) is 0 Å². The molecule has 1 aliphatic rings. The van der Waals surface area contributed by atoms with Gasteiger partial charge in [0.05, 0.1) is 0 Å². The summed E-state index contributed by atoms with van der Waals surface area (Å²) in [6, 6.07) is 0.135. The van der Waals surface area contributed by atoms with Gasteiger partial charge in [0.1, 0.15) is 5.56 Å². The molecule has 1 saturated heterocycles. The predicted octanol–water partition coefficient (Wildman–Crippen LogP) is -0.750. The maximum Gasteiger partial charge on any atom is 0.330 e. The zero-order chi connectivity index (χ0) is 15.7. The molecule has 1 amide bonds. The van der Waals surface area contributed by atoms with Gasteiger partial charge in [-0.25, -0.2) is 4.79 Å². The van der Waals surface area contributed by atoms with Crippen molar-refractivity contribution in [3.63, 3.8) is 0 Å². The molecule has 1 aromatic heterocycles. The molecule has 21 heavy (non-hydrogen) atoms. The third-order valence-corrected chi connectivity index (χ3v) is 4.23. The van der Waals surface area contributed by atoms with E-state index < -0.39 is 11.2 Å². The number of amides is 1. The zero-order valence-corrected chi connectivity index (χ0v) is 13.0. The second kappa shape index (κ2) is 5.85. The average Bonchev–Trinajstić information content (AvgIpc) is 2.48. The quantitative estimate of drug-likeness (QED) is 0.720. The standard InChI is InChI=1S/C14H22N4O3/c1-15-7-5-10(6-8-15)17(3)12(19)11-9-16(2)14(21)18(4)13(11)20/h9-10H,5-8H2,1-4H3. The highest BCUT2D eigenvalue weighted by Crippen LogP contribution is 2.15. The fourth-order valence-corrected chi connectivity index (χ4v) is 2.69. The zero-order valence-electron chi connectivity index (χ0n) is 13.0. The molecule has 0 atom stereocenters. The van der Waals surface area contributed by atoms with E-state index in [1.165, 1.54) is 24.9 Å². The fraction of sp³-hybridized carbons (Fsp3) is 0.643. The van der Waals surface area contributed by atoms with Gasteiger partial charge in [-0.2, -0.15) is 0 Å². The van der Waals surface area contributed by atoms with E-state index in [-0.39, 0.29) is 17.5 Å². The molecule has 1 aromatic rings. The van der Waals surface area contributed by atoms with Crippen LogP contribution in [0.15, 0.2) is 15.8 Å². The van der Waals surface area contributed by atoms with Crippen molar-refractivity contribution in [1.29, 1.82) is 0 Å². The SMILES string of the molecule is CN1CCC(N(C)C(=O)c2cn(C)c(=O)n(C)c2=O)CC1. The molecular weight excluding hydrogens is 272 g/mol. The third kappa shape index (κ3) is 2.92. The van der Waals surface area contributed by atoms with Crippen molar-refractivity contribution in [2.75, 3.05) is 27.2 Å². The normalized spacial score (nSPS) is 17.0. The van der Waals surface area contributed by atoms with Crippen molar-refractivity contribution < 1.29 is 4.79 Å². The fourth-order valence-electron chi connectivity index (χ4n) is 2.69. The Morgan fingerprint density at radius 1 is 1.19 bits per heavy atom. The first-order valence-electron chi connectivity index (χ1n) is 7.05. The van der Waals surface area contributed by atoms with Gasteiger partial charge >= 0.3 is 5.69 Å². The van der Waals surface area contributed by atoms with Crippen LogP contribution in [0.2, 0.25) is 0 Å². The Morgan fingerprint density at radius 3 is 2.33 bits per heavy atom. The van der Waals surface area contributed by atoms with Gasteiger partial charge in [0.15, 0.2) is 0 Å². The largest absolute Gasteiger partial charge is 0.338 e. The summed E-state index contributed by atoms with van der Waals surface area (Å²) < 4.78 is 2.23. The summed E-state index contributed by atoms with van der Waals surface area (Å²) in [5, 5.41) is 0. The minimum Gasteiger partial charge on any atom is -0.338 e. The van der Waals surface area contributed by atoms with Crippen molar-refractivity contribution in [2.45, 2.75) is 18.9 Å². The maximum atomic E-state index is 12.5. The Morgan fingerprint density at radius 2 is 1.76 bits per heavy atom. The van der Waals surface area contributed by atoms with Crippen LogP contribution in [0.5, 0.6) is 0 Å². The number of carbonyl (C=O) groups is 1. The number of carbonyl (C=O) groups excluding carboxylic acids is 1.